The third-order valence-electron chi connectivity index (χ3n) is 4.39. The summed E-state index contributed by atoms with van der Waals surface area (Å²) in [7, 11) is 0. The van der Waals surface area contributed by atoms with Gasteiger partial charge in [0.1, 0.15) is 0 Å². The molecule has 0 aliphatic heterocycles. The maximum absolute atomic E-state index is 3.61. The van der Waals surface area contributed by atoms with Crippen LogP contribution in [0.25, 0.3) is 43.4 Å². The number of rotatable bonds is 0. The molecule has 1 nitrogen and oxygen atoms in total. The average molecular weight is 267 g/mol. The number of benzene rings is 4. The van der Waals surface area contributed by atoms with Crippen LogP contribution in [0.1, 0.15) is 0 Å². The van der Waals surface area contributed by atoms with Crippen molar-refractivity contribution in [3.63, 3.8) is 0 Å². The van der Waals surface area contributed by atoms with Gasteiger partial charge < -0.3 is 4.98 Å². The molecule has 1 N–H and O–H groups in total. The zero-order chi connectivity index (χ0) is 13.8. The minimum Gasteiger partial charge on any atom is -0.354 e. The Morgan fingerprint density at radius 3 is 2.05 bits per heavy atom. The fourth-order valence-electron chi connectivity index (χ4n) is 3.42. The summed E-state index contributed by atoms with van der Waals surface area (Å²) in [6.45, 7) is 0. The minimum atomic E-state index is 1.21. The van der Waals surface area contributed by atoms with Gasteiger partial charge in [-0.3, -0.25) is 0 Å². The van der Waals surface area contributed by atoms with Crippen molar-refractivity contribution in [3.8, 4) is 0 Å². The first-order valence-corrected chi connectivity index (χ1v) is 7.23. The molecule has 0 unspecified atom stereocenters. The fraction of sp³-hybridized carbons (Fsp3) is 0. The highest BCUT2D eigenvalue weighted by Gasteiger charge is 2.09. The van der Waals surface area contributed by atoms with Crippen LogP contribution in [-0.4, -0.2) is 4.98 Å². The monoisotopic (exact) mass is 267 g/mol. The first-order valence-electron chi connectivity index (χ1n) is 7.23. The Morgan fingerprint density at radius 1 is 0.524 bits per heavy atom. The lowest BCUT2D eigenvalue weighted by Gasteiger charge is -2.01. The third kappa shape index (κ3) is 1.40. The van der Waals surface area contributed by atoms with Gasteiger partial charge >= 0.3 is 0 Å². The summed E-state index contributed by atoms with van der Waals surface area (Å²) >= 11 is 0. The Kier molecular flexibility index (Phi) is 2.01. The number of aromatic nitrogens is 1. The molecule has 21 heavy (non-hydrogen) atoms. The van der Waals surface area contributed by atoms with Crippen LogP contribution in [0.3, 0.4) is 0 Å². The molecule has 0 aliphatic rings. The van der Waals surface area contributed by atoms with E-state index in [1.807, 2.05) is 0 Å². The van der Waals surface area contributed by atoms with E-state index in [2.05, 4.69) is 77.8 Å². The predicted molar refractivity (Wildman–Crippen MR) is 90.8 cm³/mol. The van der Waals surface area contributed by atoms with E-state index in [1.54, 1.807) is 0 Å². The molecule has 0 saturated heterocycles. The quantitative estimate of drug-likeness (QED) is 0.374. The Morgan fingerprint density at radius 2 is 1.19 bits per heavy atom. The summed E-state index contributed by atoms with van der Waals surface area (Å²) in [5, 5.41) is 7.81. The van der Waals surface area contributed by atoms with Gasteiger partial charge in [-0.1, -0.05) is 66.7 Å². The van der Waals surface area contributed by atoms with Crippen LogP contribution in [0.4, 0.5) is 0 Å². The van der Waals surface area contributed by atoms with Crippen molar-refractivity contribution in [2.45, 2.75) is 0 Å². The van der Waals surface area contributed by atoms with E-state index in [4.69, 9.17) is 0 Å². The molecule has 1 heteroatoms. The lowest BCUT2D eigenvalue weighted by Crippen LogP contribution is -1.75. The average Bonchev–Trinajstić information content (AvgIpc) is 2.94. The van der Waals surface area contributed by atoms with E-state index >= 15 is 0 Å². The summed E-state index contributed by atoms with van der Waals surface area (Å²) < 4.78 is 0. The molecule has 98 valence electrons. The van der Waals surface area contributed by atoms with Gasteiger partial charge in [0.05, 0.1) is 5.52 Å². The van der Waals surface area contributed by atoms with Gasteiger partial charge in [-0.2, -0.15) is 0 Å². The van der Waals surface area contributed by atoms with Crippen LogP contribution in [0.15, 0.2) is 72.8 Å². The molecule has 0 aliphatic carbocycles. The Bertz CT molecular complexity index is 1130. The smallest absolute Gasteiger partial charge is 0.0544 e. The molecule has 0 bridgehead atoms. The fourth-order valence-corrected chi connectivity index (χ4v) is 3.42. The van der Waals surface area contributed by atoms with Gasteiger partial charge in [0.2, 0.25) is 0 Å². The number of H-pyrrole nitrogens is 1. The van der Waals surface area contributed by atoms with Gasteiger partial charge in [0.25, 0.3) is 0 Å². The van der Waals surface area contributed by atoms with E-state index in [1.165, 1.54) is 43.4 Å². The van der Waals surface area contributed by atoms with Crippen molar-refractivity contribution in [2.75, 3.05) is 0 Å². The second kappa shape index (κ2) is 3.86. The zero-order valence-electron chi connectivity index (χ0n) is 11.4. The second-order valence-electron chi connectivity index (χ2n) is 5.54. The largest absolute Gasteiger partial charge is 0.354 e. The molecule has 1 aromatic heterocycles. The standard InChI is InChI=1S/C20H13N/c1-3-7-15-13(5-1)10-12-18-19(15)17-11-9-14-6-2-4-8-16(14)20(17)21-18/h1-12,21H. The molecular formula is C20H13N. The lowest BCUT2D eigenvalue weighted by molar-refractivity contribution is 1.57. The van der Waals surface area contributed by atoms with Crippen LogP contribution in [-0.2, 0) is 0 Å². The number of hydrogen-bond donors (Lipinski definition) is 1. The summed E-state index contributed by atoms with van der Waals surface area (Å²) in [5.41, 5.74) is 2.44. The van der Waals surface area contributed by atoms with Crippen molar-refractivity contribution in [1.29, 1.82) is 0 Å². The first-order chi connectivity index (χ1) is 10.4. The number of nitrogens with one attached hydrogen (secondary N) is 1. The van der Waals surface area contributed by atoms with Gasteiger partial charge in [0, 0.05) is 21.7 Å². The molecule has 5 aromatic rings. The summed E-state index contributed by atoms with van der Waals surface area (Å²) in [6, 6.07) is 26.0. The Hall–Kier alpha value is -2.80. The van der Waals surface area contributed by atoms with E-state index in [-0.39, 0.29) is 0 Å². The molecule has 0 radical (unpaired) electrons. The van der Waals surface area contributed by atoms with Crippen LogP contribution in [0.2, 0.25) is 0 Å². The molecule has 0 amide bonds. The summed E-state index contributed by atoms with van der Waals surface area (Å²) in [5.74, 6) is 0. The molecule has 5 rings (SSSR count). The molecule has 0 atom stereocenters. The second-order valence-corrected chi connectivity index (χ2v) is 5.54. The van der Waals surface area contributed by atoms with E-state index in [9.17, 15) is 0 Å². The molecular weight excluding hydrogens is 254 g/mol. The third-order valence-corrected chi connectivity index (χ3v) is 4.39. The Labute approximate surface area is 121 Å². The topological polar surface area (TPSA) is 15.8 Å². The van der Waals surface area contributed by atoms with Crippen molar-refractivity contribution in [1.82, 2.24) is 4.98 Å². The number of aromatic amines is 1. The van der Waals surface area contributed by atoms with Crippen molar-refractivity contribution >= 4 is 43.4 Å². The highest BCUT2D eigenvalue weighted by molar-refractivity contribution is 6.24. The molecule has 0 saturated carbocycles. The predicted octanol–water partition coefficient (Wildman–Crippen LogP) is 5.63. The SMILES string of the molecule is c1ccc2c(c1)ccc1c2[nH]c2ccc3ccccc3c21. The van der Waals surface area contributed by atoms with Crippen LogP contribution in [0.5, 0.6) is 0 Å². The molecule has 4 aromatic carbocycles. The van der Waals surface area contributed by atoms with E-state index < -0.39 is 0 Å². The number of fused-ring (bicyclic) bond motifs is 7. The Balaban J connectivity index is 2.11. The van der Waals surface area contributed by atoms with Crippen LogP contribution < -0.4 is 0 Å². The maximum atomic E-state index is 3.61. The summed E-state index contributed by atoms with van der Waals surface area (Å²) in [4.78, 5) is 3.61. The number of hydrogen-bond acceptors (Lipinski definition) is 0. The van der Waals surface area contributed by atoms with Crippen molar-refractivity contribution in [2.24, 2.45) is 0 Å². The summed E-state index contributed by atoms with van der Waals surface area (Å²) in [6.07, 6.45) is 0. The first kappa shape index (κ1) is 10.9. The normalized spacial score (nSPS) is 11.8. The van der Waals surface area contributed by atoms with E-state index in [0.717, 1.165) is 0 Å². The van der Waals surface area contributed by atoms with Gasteiger partial charge in [-0.25, -0.2) is 0 Å². The molecule has 0 spiro atoms. The highest BCUT2D eigenvalue weighted by Crippen LogP contribution is 2.35. The van der Waals surface area contributed by atoms with Crippen LogP contribution in [0, 0.1) is 0 Å². The lowest BCUT2D eigenvalue weighted by atomic mass is 10.0. The maximum Gasteiger partial charge on any atom is 0.0544 e. The van der Waals surface area contributed by atoms with Crippen molar-refractivity contribution in [3.05, 3.63) is 72.8 Å². The van der Waals surface area contributed by atoms with Gasteiger partial charge in [-0.15, -0.1) is 0 Å². The van der Waals surface area contributed by atoms with Gasteiger partial charge in [0.15, 0.2) is 0 Å². The zero-order valence-corrected chi connectivity index (χ0v) is 11.4. The van der Waals surface area contributed by atoms with Crippen LogP contribution >= 0.6 is 0 Å². The molecule has 0 fully saturated rings. The minimum absolute atomic E-state index is 1.21. The van der Waals surface area contributed by atoms with Crippen molar-refractivity contribution < 1.29 is 0 Å². The molecule has 1 heterocycles. The highest BCUT2D eigenvalue weighted by atomic mass is 14.7. The van der Waals surface area contributed by atoms with E-state index in [0.29, 0.717) is 0 Å². The van der Waals surface area contributed by atoms with Gasteiger partial charge in [-0.05, 0) is 22.2 Å².